The second-order valence-corrected chi connectivity index (χ2v) is 7.01. The lowest BCUT2D eigenvalue weighted by Crippen LogP contribution is -2.32. The molecule has 0 radical (unpaired) electrons. The summed E-state index contributed by atoms with van der Waals surface area (Å²) < 4.78 is 11.6. The summed E-state index contributed by atoms with van der Waals surface area (Å²) in [5.74, 6) is 1.27. The van der Waals surface area contributed by atoms with Gasteiger partial charge in [-0.05, 0) is 45.9 Å². The van der Waals surface area contributed by atoms with Crippen molar-refractivity contribution in [1.82, 2.24) is 0 Å². The minimum absolute atomic E-state index is 0.0454. The van der Waals surface area contributed by atoms with Gasteiger partial charge in [-0.3, -0.25) is 9.59 Å². The van der Waals surface area contributed by atoms with E-state index in [2.05, 4.69) is 10.6 Å². The first-order chi connectivity index (χ1) is 13.4. The third-order valence-corrected chi connectivity index (χ3v) is 4.60. The lowest BCUT2D eigenvalue weighted by Gasteiger charge is -2.19. The Bertz CT molecular complexity index is 894. The lowest BCUT2D eigenvalue weighted by molar-refractivity contribution is -0.116. The van der Waals surface area contributed by atoms with Gasteiger partial charge in [-0.25, -0.2) is 0 Å². The maximum Gasteiger partial charge on any atom is 0.246 e. The highest BCUT2D eigenvalue weighted by Gasteiger charge is 2.23. The van der Waals surface area contributed by atoms with Crippen molar-refractivity contribution >= 4 is 23.1 Å². The van der Waals surface area contributed by atoms with E-state index in [1.165, 1.54) is 6.92 Å². The summed E-state index contributed by atoms with van der Waals surface area (Å²) in [6.45, 7) is 7.75. The number of hydrogen-bond donors (Lipinski definition) is 2. The topological polar surface area (TPSA) is 76.7 Å². The zero-order chi connectivity index (χ0) is 20.3. The number of amides is 1. The molecule has 0 saturated carbocycles. The Kier molecular flexibility index (Phi) is 5.87. The number of ether oxygens (including phenoxy) is 2. The van der Waals surface area contributed by atoms with Crippen molar-refractivity contribution < 1.29 is 19.1 Å². The first-order valence-electron chi connectivity index (χ1n) is 9.52. The van der Waals surface area contributed by atoms with Crippen LogP contribution < -0.4 is 20.1 Å². The van der Waals surface area contributed by atoms with E-state index in [9.17, 15) is 9.59 Å². The van der Waals surface area contributed by atoms with E-state index >= 15 is 0 Å². The van der Waals surface area contributed by atoms with E-state index in [0.29, 0.717) is 23.6 Å². The number of hydrogen-bond acceptors (Lipinski definition) is 5. The van der Waals surface area contributed by atoms with Crippen molar-refractivity contribution in [3.05, 3.63) is 47.5 Å². The average molecular weight is 382 g/mol. The number of rotatable bonds is 7. The molecule has 0 saturated heterocycles. The molecule has 6 heteroatoms. The van der Waals surface area contributed by atoms with Crippen LogP contribution in [0.2, 0.25) is 0 Å². The highest BCUT2D eigenvalue weighted by Crippen LogP contribution is 2.38. The second-order valence-electron chi connectivity index (χ2n) is 7.01. The Morgan fingerprint density at radius 3 is 2.79 bits per heavy atom. The molecule has 2 aromatic carbocycles. The average Bonchev–Trinajstić information content (AvgIpc) is 3.01. The molecule has 1 heterocycles. The van der Waals surface area contributed by atoms with Gasteiger partial charge in [0.15, 0.2) is 5.78 Å². The number of benzene rings is 2. The van der Waals surface area contributed by atoms with Crippen LogP contribution in [-0.2, 0) is 11.2 Å². The number of ketones is 1. The van der Waals surface area contributed by atoms with Crippen molar-refractivity contribution in [2.24, 2.45) is 0 Å². The van der Waals surface area contributed by atoms with Gasteiger partial charge in [-0.15, -0.1) is 0 Å². The third-order valence-electron chi connectivity index (χ3n) is 4.60. The molecular weight excluding hydrogens is 356 g/mol. The number of nitrogens with one attached hydrogen (secondary N) is 2. The number of anilines is 2. The van der Waals surface area contributed by atoms with Crippen molar-refractivity contribution in [1.29, 1.82) is 0 Å². The SMILES string of the molecule is CCOc1cc2c(cc1NC(C)C(=O)Nc1cccc(C(C)=O)c1)OC(C)C2. The van der Waals surface area contributed by atoms with Gasteiger partial charge in [0.05, 0.1) is 12.3 Å². The van der Waals surface area contributed by atoms with E-state index in [4.69, 9.17) is 9.47 Å². The van der Waals surface area contributed by atoms with Gasteiger partial charge in [-0.2, -0.15) is 0 Å². The van der Waals surface area contributed by atoms with Crippen LogP contribution in [-0.4, -0.2) is 30.4 Å². The normalized spacial score (nSPS) is 15.9. The lowest BCUT2D eigenvalue weighted by atomic mass is 10.1. The zero-order valence-electron chi connectivity index (χ0n) is 16.7. The quantitative estimate of drug-likeness (QED) is 0.707. The van der Waals surface area contributed by atoms with Crippen LogP contribution in [0, 0.1) is 0 Å². The Morgan fingerprint density at radius 2 is 2.07 bits per heavy atom. The molecule has 0 aromatic heterocycles. The second kappa shape index (κ2) is 8.33. The monoisotopic (exact) mass is 382 g/mol. The van der Waals surface area contributed by atoms with Gasteiger partial charge in [-0.1, -0.05) is 12.1 Å². The molecule has 2 aromatic rings. The summed E-state index contributed by atoms with van der Waals surface area (Å²) in [6.07, 6.45) is 0.979. The molecule has 1 aliphatic heterocycles. The number of carbonyl (C=O) groups excluding carboxylic acids is 2. The van der Waals surface area contributed by atoms with Gasteiger partial charge in [0.25, 0.3) is 0 Å². The maximum absolute atomic E-state index is 12.6. The number of carbonyl (C=O) groups is 2. The predicted octanol–water partition coefficient (Wildman–Crippen LogP) is 4.05. The van der Waals surface area contributed by atoms with E-state index in [-0.39, 0.29) is 17.8 Å². The summed E-state index contributed by atoms with van der Waals surface area (Å²) in [5.41, 5.74) is 2.97. The summed E-state index contributed by atoms with van der Waals surface area (Å²) >= 11 is 0. The third kappa shape index (κ3) is 4.44. The van der Waals surface area contributed by atoms with Crippen LogP contribution in [0.4, 0.5) is 11.4 Å². The van der Waals surface area contributed by atoms with Crippen LogP contribution in [0.5, 0.6) is 11.5 Å². The van der Waals surface area contributed by atoms with Gasteiger partial charge < -0.3 is 20.1 Å². The van der Waals surface area contributed by atoms with E-state index in [1.54, 1.807) is 31.2 Å². The molecular formula is C22H26N2O4. The van der Waals surface area contributed by atoms with Gasteiger partial charge in [0, 0.05) is 29.3 Å². The molecule has 0 fully saturated rings. The van der Waals surface area contributed by atoms with Gasteiger partial charge in [0.1, 0.15) is 23.6 Å². The van der Waals surface area contributed by atoms with Crippen LogP contribution in [0.1, 0.15) is 43.6 Å². The fourth-order valence-electron chi connectivity index (χ4n) is 3.19. The fourth-order valence-corrected chi connectivity index (χ4v) is 3.19. The van der Waals surface area contributed by atoms with E-state index in [0.717, 1.165) is 23.4 Å². The Hall–Kier alpha value is -3.02. The van der Waals surface area contributed by atoms with Crippen molar-refractivity contribution in [2.45, 2.75) is 46.3 Å². The first-order valence-corrected chi connectivity index (χ1v) is 9.52. The maximum atomic E-state index is 12.6. The van der Waals surface area contributed by atoms with Crippen molar-refractivity contribution in [2.75, 3.05) is 17.2 Å². The molecule has 28 heavy (non-hydrogen) atoms. The van der Waals surface area contributed by atoms with Crippen LogP contribution in [0.15, 0.2) is 36.4 Å². The molecule has 148 valence electrons. The largest absolute Gasteiger partial charge is 0.492 e. The highest BCUT2D eigenvalue weighted by molar-refractivity contribution is 5.99. The zero-order valence-corrected chi connectivity index (χ0v) is 16.7. The van der Waals surface area contributed by atoms with Crippen LogP contribution >= 0.6 is 0 Å². The minimum atomic E-state index is -0.517. The summed E-state index contributed by atoms with van der Waals surface area (Å²) in [5, 5.41) is 6.06. The van der Waals surface area contributed by atoms with Gasteiger partial charge in [0.2, 0.25) is 5.91 Å². The van der Waals surface area contributed by atoms with E-state index < -0.39 is 6.04 Å². The Morgan fingerprint density at radius 1 is 1.29 bits per heavy atom. The van der Waals surface area contributed by atoms with Crippen LogP contribution in [0.25, 0.3) is 0 Å². The van der Waals surface area contributed by atoms with Crippen molar-refractivity contribution in [3.63, 3.8) is 0 Å². The number of Topliss-reactive ketones (excluding diaryl/α,β-unsaturated/α-hetero) is 1. The van der Waals surface area contributed by atoms with E-state index in [1.807, 2.05) is 26.0 Å². The first kappa shape index (κ1) is 19.7. The van der Waals surface area contributed by atoms with Crippen molar-refractivity contribution in [3.8, 4) is 11.5 Å². The standard InChI is InChI=1S/C22H26N2O4/c1-5-27-21-11-17-9-13(2)28-20(17)12-19(21)23-14(3)22(26)24-18-8-6-7-16(10-18)15(4)25/h6-8,10-14,23H,5,9H2,1-4H3,(H,24,26). The fraction of sp³-hybridized carbons (Fsp3) is 0.364. The molecule has 0 bridgehead atoms. The minimum Gasteiger partial charge on any atom is -0.492 e. The molecule has 3 rings (SSSR count). The smallest absolute Gasteiger partial charge is 0.246 e. The molecule has 1 amide bonds. The predicted molar refractivity (Wildman–Crippen MR) is 110 cm³/mol. The molecule has 2 N–H and O–H groups in total. The summed E-state index contributed by atoms with van der Waals surface area (Å²) in [6, 6.07) is 10.2. The highest BCUT2D eigenvalue weighted by atomic mass is 16.5. The van der Waals surface area contributed by atoms with Crippen LogP contribution in [0.3, 0.4) is 0 Å². The Balaban J connectivity index is 1.74. The molecule has 1 aliphatic rings. The molecule has 2 unspecified atom stereocenters. The number of fused-ring (bicyclic) bond motifs is 1. The molecule has 2 atom stereocenters. The Labute approximate surface area is 165 Å². The van der Waals surface area contributed by atoms with Gasteiger partial charge >= 0.3 is 0 Å². The summed E-state index contributed by atoms with van der Waals surface area (Å²) in [7, 11) is 0. The molecule has 6 nitrogen and oxygen atoms in total. The summed E-state index contributed by atoms with van der Waals surface area (Å²) in [4.78, 5) is 24.1. The molecule has 0 aliphatic carbocycles. The molecule has 0 spiro atoms.